The maximum atomic E-state index is 10.9. The van der Waals surface area contributed by atoms with Crippen LogP contribution in [0.25, 0.3) is 0 Å². The van der Waals surface area contributed by atoms with Crippen molar-refractivity contribution in [1.82, 2.24) is 9.55 Å². The average Bonchev–Trinajstić information content (AvgIpc) is 2.79. The van der Waals surface area contributed by atoms with Gasteiger partial charge in [0.2, 0.25) is 0 Å². The van der Waals surface area contributed by atoms with Crippen molar-refractivity contribution in [1.29, 1.82) is 0 Å². The van der Waals surface area contributed by atoms with Crippen LogP contribution in [0.3, 0.4) is 0 Å². The van der Waals surface area contributed by atoms with Gasteiger partial charge < -0.3 is 4.57 Å². The van der Waals surface area contributed by atoms with Gasteiger partial charge >= 0.3 is 0 Å². The first kappa shape index (κ1) is 13.3. The molecule has 1 aromatic carbocycles. The number of hydrogen-bond acceptors (Lipinski definition) is 3. The molecule has 0 bridgehead atoms. The maximum absolute atomic E-state index is 10.9. The molecule has 0 radical (unpaired) electrons. The number of benzene rings is 1. The van der Waals surface area contributed by atoms with Gasteiger partial charge in [0.1, 0.15) is 5.82 Å². The first-order valence-corrected chi connectivity index (χ1v) is 6.24. The van der Waals surface area contributed by atoms with Crippen LogP contribution in [0, 0.1) is 17.0 Å². The molecule has 0 N–H and O–H groups in total. The van der Waals surface area contributed by atoms with E-state index in [2.05, 4.69) is 18.8 Å². The van der Waals surface area contributed by atoms with Gasteiger partial charge in [0.15, 0.2) is 0 Å². The van der Waals surface area contributed by atoms with Gasteiger partial charge in [0.05, 0.1) is 4.92 Å². The van der Waals surface area contributed by atoms with Crippen LogP contribution < -0.4 is 0 Å². The molecule has 0 saturated heterocycles. The van der Waals surface area contributed by atoms with Crippen LogP contribution >= 0.6 is 0 Å². The fraction of sp³-hybridized carbons (Fsp3) is 0.357. The van der Waals surface area contributed by atoms with E-state index in [9.17, 15) is 10.1 Å². The van der Waals surface area contributed by atoms with Crippen LogP contribution in [0.1, 0.15) is 36.7 Å². The summed E-state index contributed by atoms with van der Waals surface area (Å²) in [6.45, 7) is 6.57. The molecule has 0 atom stereocenters. The molecule has 0 fully saturated rings. The van der Waals surface area contributed by atoms with Crippen LogP contribution in [0.2, 0.25) is 0 Å². The third-order valence-electron chi connectivity index (χ3n) is 3.22. The molecule has 5 heteroatoms. The van der Waals surface area contributed by atoms with Gasteiger partial charge in [0.25, 0.3) is 5.69 Å². The van der Waals surface area contributed by atoms with Crippen molar-refractivity contribution in [2.24, 2.45) is 0 Å². The zero-order chi connectivity index (χ0) is 14.0. The van der Waals surface area contributed by atoms with Crippen LogP contribution in [-0.2, 0) is 6.54 Å². The van der Waals surface area contributed by atoms with E-state index < -0.39 is 0 Å². The number of hydrogen-bond donors (Lipinski definition) is 0. The normalized spacial score (nSPS) is 10.9. The van der Waals surface area contributed by atoms with Crippen LogP contribution in [0.4, 0.5) is 5.69 Å². The predicted octanol–water partition coefficient (Wildman–Crippen LogP) is 3.27. The molecule has 19 heavy (non-hydrogen) atoms. The molecule has 2 rings (SSSR count). The molecule has 0 aliphatic heterocycles. The van der Waals surface area contributed by atoms with Crippen molar-refractivity contribution in [3.63, 3.8) is 0 Å². The standard InChI is InChI=1S/C14H17N3O2/c1-10(2)14-15-7-8-16(14)9-12-5-4-6-13(11(12)3)17(18)19/h4-8,10H,9H2,1-3H3. The maximum Gasteiger partial charge on any atom is 0.272 e. The lowest BCUT2D eigenvalue weighted by Gasteiger charge is -2.12. The first-order chi connectivity index (χ1) is 9.00. The summed E-state index contributed by atoms with van der Waals surface area (Å²) in [6.07, 6.45) is 3.68. The minimum absolute atomic E-state index is 0.170. The van der Waals surface area contributed by atoms with Crippen LogP contribution in [0.5, 0.6) is 0 Å². The van der Waals surface area contributed by atoms with Gasteiger partial charge in [-0.05, 0) is 12.5 Å². The monoisotopic (exact) mass is 259 g/mol. The van der Waals surface area contributed by atoms with Crippen LogP contribution in [0.15, 0.2) is 30.6 Å². The minimum atomic E-state index is -0.337. The smallest absolute Gasteiger partial charge is 0.272 e. The van der Waals surface area contributed by atoms with Crippen molar-refractivity contribution in [2.45, 2.75) is 33.2 Å². The first-order valence-electron chi connectivity index (χ1n) is 6.24. The summed E-state index contributed by atoms with van der Waals surface area (Å²) >= 11 is 0. The molecule has 1 aromatic heterocycles. The van der Waals surface area contributed by atoms with E-state index in [1.54, 1.807) is 19.2 Å². The molecule has 5 nitrogen and oxygen atoms in total. The molecule has 2 aromatic rings. The molecule has 0 spiro atoms. The second kappa shape index (κ2) is 5.22. The Hall–Kier alpha value is -2.17. The summed E-state index contributed by atoms with van der Waals surface area (Å²) in [5.41, 5.74) is 1.84. The average molecular weight is 259 g/mol. The van der Waals surface area contributed by atoms with Gasteiger partial charge in [-0.3, -0.25) is 10.1 Å². The summed E-state index contributed by atoms with van der Waals surface area (Å²) in [6, 6.07) is 5.19. The number of nitro groups is 1. The molecule has 0 aliphatic rings. The van der Waals surface area contributed by atoms with Gasteiger partial charge in [-0.2, -0.15) is 0 Å². The molecule has 0 aliphatic carbocycles. The van der Waals surface area contributed by atoms with Crippen molar-refractivity contribution in [3.8, 4) is 0 Å². The molecule has 100 valence electrons. The minimum Gasteiger partial charge on any atom is -0.330 e. The second-order valence-corrected chi connectivity index (χ2v) is 4.89. The highest BCUT2D eigenvalue weighted by Crippen LogP contribution is 2.23. The Morgan fingerprint density at radius 2 is 2.16 bits per heavy atom. The lowest BCUT2D eigenvalue weighted by atomic mass is 10.1. The highest BCUT2D eigenvalue weighted by atomic mass is 16.6. The highest BCUT2D eigenvalue weighted by Gasteiger charge is 2.14. The highest BCUT2D eigenvalue weighted by molar-refractivity contribution is 5.44. The van der Waals surface area contributed by atoms with E-state index in [1.807, 2.05) is 16.8 Å². The molecule has 0 amide bonds. The van der Waals surface area contributed by atoms with E-state index in [0.717, 1.165) is 17.0 Å². The van der Waals surface area contributed by atoms with Gasteiger partial charge in [-0.15, -0.1) is 0 Å². The molecule has 0 unspecified atom stereocenters. The Morgan fingerprint density at radius 3 is 2.79 bits per heavy atom. The summed E-state index contributed by atoms with van der Waals surface area (Å²) in [5.74, 6) is 1.32. The van der Waals surface area contributed by atoms with Crippen molar-refractivity contribution < 1.29 is 4.92 Å². The van der Waals surface area contributed by atoms with Crippen LogP contribution in [-0.4, -0.2) is 14.5 Å². The van der Waals surface area contributed by atoms with E-state index >= 15 is 0 Å². The number of nitro benzene ring substituents is 1. The Balaban J connectivity index is 2.36. The lowest BCUT2D eigenvalue weighted by molar-refractivity contribution is -0.385. The number of nitrogens with zero attached hydrogens (tertiary/aromatic N) is 3. The second-order valence-electron chi connectivity index (χ2n) is 4.89. The molecular formula is C14H17N3O2. The van der Waals surface area contributed by atoms with Crippen molar-refractivity contribution in [3.05, 3.63) is 57.7 Å². The predicted molar refractivity (Wildman–Crippen MR) is 73.3 cm³/mol. The molecule has 0 saturated carbocycles. The van der Waals surface area contributed by atoms with Gasteiger partial charge in [0, 0.05) is 36.5 Å². The summed E-state index contributed by atoms with van der Waals surface area (Å²) in [7, 11) is 0. The van der Waals surface area contributed by atoms with Crippen molar-refractivity contribution >= 4 is 5.69 Å². The van der Waals surface area contributed by atoms with E-state index in [1.165, 1.54) is 6.07 Å². The third-order valence-corrected chi connectivity index (χ3v) is 3.22. The summed E-state index contributed by atoms with van der Waals surface area (Å²) in [4.78, 5) is 14.9. The number of imidazole rings is 1. The zero-order valence-electron chi connectivity index (χ0n) is 11.3. The Bertz CT molecular complexity index is 602. The third kappa shape index (κ3) is 2.65. The largest absolute Gasteiger partial charge is 0.330 e. The summed E-state index contributed by atoms with van der Waals surface area (Å²) in [5, 5.41) is 10.9. The SMILES string of the molecule is Cc1c(Cn2ccnc2C(C)C)cccc1[N+](=O)[O-]. The Labute approximate surface area is 112 Å². The molecule has 1 heterocycles. The van der Waals surface area contributed by atoms with Crippen molar-refractivity contribution in [2.75, 3.05) is 0 Å². The fourth-order valence-corrected chi connectivity index (χ4v) is 2.18. The van der Waals surface area contributed by atoms with E-state index in [4.69, 9.17) is 0 Å². The Kier molecular flexibility index (Phi) is 3.64. The number of aromatic nitrogens is 2. The summed E-state index contributed by atoms with van der Waals surface area (Å²) < 4.78 is 2.04. The topological polar surface area (TPSA) is 61.0 Å². The van der Waals surface area contributed by atoms with E-state index in [0.29, 0.717) is 12.5 Å². The van der Waals surface area contributed by atoms with Gasteiger partial charge in [-0.1, -0.05) is 26.0 Å². The Morgan fingerprint density at radius 1 is 1.42 bits per heavy atom. The number of rotatable bonds is 4. The lowest BCUT2D eigenvalue weighted by Crippen LogP contribution is -2.07. The van der Waals surface area contributed by atoms with Gasteiger partial charge in [-0.25, -0.2) is 4.98 Å². The zero-order valence-corrected chi connectivity index (χ0v) is 11.3. The molecular weight excluding hydrogens is 242 g/mol. The quantitative estimate of drug-likeness (QED) is 0.625. The van der Waals surface area contributed by atoms with E-state index in [-0.39, 0.29) is 10.6 Å². The fourth-order valence-electron chi connectivity index (χ4n) is 2.18.